The van der Waals surface area contributed by atoms with Crippen LogP contribution in [0.3, 0.4) is 0 Å². The van der Waals surface area contributed by atoms with Gasteiger partial charge in [-0.15, -0.1) is 0 Å². The first-order valence-corrected chi connectivity index (χ1v) is 8.95. The van der Waals surface area contributed by atoms with E-state index in [0.29, 0.717) is 34.8 Å². The highest BCUT2D eigenvalue weighted by Gasteiger charge is 2.24. The Bertz CT molecular complexity index is 1160. The monoisotopic (exact) mass is 389 g/mol. The van der Waals surface area contributed by atoms with Crippen LogP contribution in [0.1, 0.15) is 16.1 Å². The molecule has 0 atom stereocenters. The summed E-state index contributed by atoms with van der Waals surface area (Å²) in [5, 5.41) is 7.88. The van der Waals surface area contributed by atoms with Crippen LogP contribution >= 0.6 is 0 Å². The number of esters is 1. The molecule has 0 radical (unpaired) electrons. The first-order chi connectivity index (χ1) is 14.2. The molecule has 146 valence electrons. The summed E-state index contributed by atoms with van der Waals surface area (Å²) in [6.07, 6.45) is 1.40. The maximum Gasteiger partial charge on any atom is 0.359 e. The molecule has 1 N–H and O–H groups in total. The Hall–Kier alpha value is -3.94. The molecular weight excluding hydrogens is 370 g/mol. The summed E-state index contributed by atoms with van der Waals surface area (Å²) >= 11 is 0. The number of hydrogen-bond acceptors (Lipinski definition) is 7. The lowest BCUT2D eigenvalue weighted by molar-refractivity contribution is 0.0592. The quantitative estimate of drug-likeness (QED) is 0.506. The molecule has 4 rings (SSSR count). The maximum absolute atomic E-state index is 12.5. The second-order valence-corrected chi connectivity index (χ2v) is 6.21. The minimum Gasteiger partial charge on any atom is -0.497 e. The molecule has 2 aromatic carbocycles. The Balaban J connectivity index is 1.82. The van der Waals surface area contributed by atoms with Crippen molar-refractivity contribution in [2.24, 2.45) is 0 Å². The van der Waals surface area contributed by atoms with Gasteiger partial charge in [0.15, 0.2) is 17.0 Å². The molecule has 0 aliphatic heterocycles. The van der Waals surface area contributed by atoms with Gasteiger partial charge < -0.3 is 14.8 Å². The Morgan fingerprint density at radius 2 is 1.86 bits per heavy atom. The zero-order valence-electron chi connectivity index (χ0n) is 16.0. The van der Waals surface area contributed by atoms with E-state index < -0.39 is 5.97 Å². The zero-order valence-corrected chi connectivity index (χ0v) is 16.0. The average Bonchev–Trinajstić information content (AvgIpc) is 3.18. The lowest BCUT2D eigenvalue weighted by atomic mass is 10.2. The molecule has 8 nitrogen and oxygen atoms in total. The molecule has 0 aliphatic rings. The van der Waals surface area contributed by atoms with Crippen LogP contribution in [0.15, 0.2) is 60.9 Å². The van der Waals surface area contributed by atoms with Crippen molar-refractivity contribution >= 4 is 22.8 Å². The highest BCUT2D eigenvalue weighted by Crippen LogP contribution is 2.26. The first kappa shape index (κ1) is 18.4. The third-order valence-electron chi connectivity index (χ3n) is 4.44. The number of ether oxygens (including phenoxy) is 2. The van der Waals surface area contributed by atoms with Crippen LogP contribution in [-0.4, -0.2) is 39.9 Å². The van der Waals surface area contributed by atoms with Crippen molar-refractivity contribution in [1.82, 2.24) is 19.7 Å². The van der Waals surface area contributed by atoms with Crippen molar-refractivity contribution in [3.05, 3.63) is 72.2 Å². The standard InChI is InChI=1S/C21H19N5O3/c1-28-16-10-6-9-15(11-16)26-19(21(27)29-2)17-18(25-26)20(24-13-23-17)22-12-14-7-4-3-5-8-14/h3-11,13H,12H2,1-2H3,(H,22,23,24). The number of rotatable bonds is 6. The molecule has 29 heavy (non-hydrogen) atoms. The number of anilines is 1. The van der Waals surface area contributed by atoms with Gasteiger partial charge >= 0.3 is 5.97 Å². The fourth-order valence-corrected chi connectivity index (χ4v) is 3.02. The van der Waals surface area contributed by atoms with Crippen LogP contribution in [0.4, 0.5) is 5.82 Å². The van der Waals surface area contributed by atoms with E-state index in [2.05, 4.69) is 20.4 Å². The lowest BCUT2D eigenvalue weighted by Gasteiger charge is -2.07. The molecule has 0 spiro atoms. The Morgan fingerprint density at radius 3 is 2.62 bits per heavy atom. The van der Waals surface area contributed by atoms with Gasteiger partial charge in [0.05, 0.1) is 19.9 Å². The molecule has 4 aromatic rings. The minimum atomic E-state index is -0.539. The van der Waals surface area contributed by atoms with Gasteiger partial charge in [0, 0.05) is 12.6 Å². The van der Waals surface area contributed by atoms with E-state index in [-0.39, 0.29) is 5.69 Å². The Morgan fingerprint density at radius 1 is 1.03 bits per heavy atom. The number of benzene rings is 2. The first-order valence-electron chi connectivity index (χ1n) is 8.95. The number of hydrogen-bond donors (Lipinski definition) is 1. The number of fused-ring (bicyclic) bond motifs is 1. The summed E-state index contributed by atoms with van der Waals surface area (Å²) in [6, 6.07) is 17.2. The molecule has 0 aliphatic carbocycles. The molecule has 0 saturated carbocycles. The summed E-state index contributed by atoms with van der Waals surface area (Å²) < 4.78 is 11.8. The molecule has 0 saturated heterocycles. The third-order valence-corrected chi connectivity index (χ3v) is 4.44. The smallest absolute Gasteiger partial charge is 0.359 e. The van der Waals surface area contributed by atoms with E-state index >= 15 is 0 Å². The number of carbonyl (C=O) groups excluding carboxylic acids is 1. The predicted octanol–water partition coefficient (Wildman–Crippen LogP) is 3.22. The topological polar surface area (TPSA) is 91.2 Å². The molecule has 2 heterocycles. The SMILES string of the molecule is COC(=O)c1c2ncnc(NCc3ccccc3)c2nn1-c1cccc(OC)c1. The average molecular weight is 389 g/mol. The lowest BCUT2D eigenvalue weighted by Crippen LogP contribution is -2.11. The van der Waals surface area contributed by atoms with Gasteiger partial charge in [0.25, 0.3) is 0 Å². The molecule has 0 amide bonds. The molecule has 8 heteroatoms. The van der Waals surface area contributed by atoms with E-state index in [9.17, 15) is 4.79 Å². The van der Waals surface area contributed by atoms with E-state index in [1.807, 2.05) is 48.5 Å². The fourth-order valence-electron chi connectivity index (χ4n) is 3.02. The van der Waals surface area contributed by atoms with Crippen molar-refractivity contribution in [2.45, 2.75) is 6.54 Å². The van der Waals surface area contributed by atoms with Crippen molar-refractivity contribution in [1.29, 1.82) is 0 Å². The molecule has 0 bridgehead atoms. The maximum atomic E-state index is 12.5. The van der Waals surface area contributed by atoms with Crippen molar-refractivity contribution in [3.8, 4) is 11.4 Å². The number of methoxy groups -OCH3 is 2. The van der Waals surface area contributed by atoms with Crippen LogP contribution in [-0.2, 0) is 11.3 Å². The van der Waals surface area contributed by atoms with E-state index in [4.69, 9.17) is 9.47 Å². The zero-order chi connectivity index (χ0) is 20.2. The second kappa shape index (κ2) is 7.97. The molecule has 0 unspecified atom stereocenters. The van der Waals surface area contributed by atoms with Gasteiger partial charge in [-0.3, -0.25) is 0 Å². The van der Waals surface area contributed by atoms with Crippen LogP contribution in [0.5, 0.6) is 5.75 Å². The second-order valence-electron chi connectivity index (χ2n) is 6.21. The van der Waals surface area contributed by atoms with E-state index in [1.165, 1.54) is 18.1 Å². The summed E-state index contributed by atoms with van der Waals surface area (Å²) in [6.45, 7) is 0.562. The largest absolute Gasteiger partial charge is 0.497 e. The van der Waals surface area contributed by atoms with Crippen LogP contribution < -0.4 is 10.1 Å². The van der Waals surface area contributed by atoms with Gasteiger partial charge in [0.1, 0.15) is 17.6 Å². The highest BCUT2D eigenvalue weighted by atomic mass is 16.5. The van der Waals surface area contributed by atoms with Gasteiger partial charge in [-0.1, -0.05) is 36.4 Å². The summed E-state index contributed by atoms with van der Waals surface area (Å²) in [7, 11) is 2.91. The number of aromatic nitrogens is 4. The van der Waals surface area contributed by atoms with Crippen molar-refractivity contribution in [2.75, 3.05) is 19.5 Å². The number of nitrogens with zero attached hydrogens (tertiary/aromatic N) is 4. The number of carbonyl (C=O) groups is 1. The molecular formula is C21H19N5O3. The number of nitrogens with one attached hydrogen (secondary N) is 1. The summed E-state index contributed by atoms with van der Waals surface area (Å²) in [4.78, 5) is 21.1. The van der Waals surface area contributed by atoms with Gasteiger partial charge in [-0.05, 0) is 17.7 Å². The van der Waals surface area contributed by atoms with Crippen LogP contribution in [0.25, 0.3) is 16.7 Å². The highest BCUT2D eigenvalue weighted by molar-refractivity contribution is 6.03. The Kier molecular flexibility index (Phi) is 5.07. The third kappa shape index (κ3) is 3.60. The van der Waals surface area contributed by atoms with E-state index in [1.54, 1.807) is 13.2 Å². The van der Waals surface area contributed by atoms with Crippen molar-refractivity contribution < 1.29 is 14.3 Å². The van der Waals surface area contributed by atoms with Gasteiger partial charge in [0.2, 0.25) is 0 Å². The molecule has 0 fully saturated rings. The van der Waals surface area contributed by atoms with Crippen molar-refractivity contribution in [3.63, 3.8) is 0 Å². The Labute approximate surface area is 167 Å². The van der Waals surface area contributed by atoms with E-state index in [0.717, 1.165) is 5.56 Å². The molecule has 2 aromatic heterocycles. The van der Waals surface area contributed by atoms with Gasteiger partial charge in [-0.2, -0.15) is 5.10 Å². The predicted molar refractivity (Wildman–Crippen MR) is 108 cm³/mol. The summed E-state index contributed by atoms with van der Waals surface area (Å²) in [5.41, 5.74) is 2.86. The van der Waals surface area contributed by atoms with Crippen LogP contribution in [0, 0.1) is 0 Å². The fraction of sp³-hybridized carbons (Fsp3) is 0.143. The normalized spacial score (nSPS) is 10.7. The van der Waals surface area contributed by atoms with Gasteiger partial charge in [-0.25, -0.2) is 19.4 Å². The summed E-state index contributed by atoms with van der Waals surface area (Å²) in [5.74, 6) is 0.639. The minimum absolute atomic E-state index is 0.223. The van der Waals surface area contributed by atoms with Crippen LogP contribution in [0.2, 0.25) is 0 Å².